The number of nitrogens with zero attached hydrogens (tertiary/aromatic N) is 4. The van der Waals surface area contributed by atoms with Gasteiger partial charge in [0, 0.05) is 31.2 Å². The molecule has 0 N–H and O–H groups in total. The second-order valence-electron chi connectivity index (χ2n) is 6.59. The van der Waals surface area contributed by atoms with E-state index >= 15 is 0 Å². The highest BCUT2D eigenvalue weighted by Gasteiger charge is 2.31. The molecule has 3 aromatic rings. The average molecular weight is 423 g/mol. The number of sulfonamides is 1. The molecule has 142 valence electrons. The van der Waals surface area contributed by atoms with Crippen molar-refractivity contribution >= 4 is 49.0 Å². The molecule has 0 amide bonds. The fourth-order valence-corrected chi connectivity index (χ4v) is 6.00. The lowest BCUT2D eigenvalue weighted by Crippen LogP contribution is -2.49. The minimum Gasteiger partial charge on any atom is -0.353 e. The standard InChI is InChI=1S/C18H19ClN4O2S2/c1-12-10-16(13(2)9-15(12)19)27(24,25)23-6-4-22(5-7-23)17-14-3-8-26-18(14)21-11-20-17/h3,8-11H,4-7H2,1-2H3. The summed E-state index contributed by atoms with van der Waals surface area (Å²) in [7, 11) is -3.55. The van der Waals surface area contributed by atoms with Crippen LogP contribution in [0.5, 0.6) is 0 Å². The van der Waals surface area contributed by atoms with E-state index in [1.807, 2.05) is 18.4 Å². The van der Waals surface area contributed by atoms with Crippen LogP contribution >= 0.6 is 22.9 Å². The zero-order valence-corrected chi connectivity index (χ0v) is 17.4. The molecule has 6 nitrogen and oxygen atoms in total. The largest absolute Gasteiger partial charge is 0.353 e. The Hall–Kier alpha value is -1.74. The highest BCUT2D eigenvalue weighted by molar-refractivity contribution is 7.89. The molecule has 3 heterocycles. The Morgan fingerprint density at radius 1 is 1.07 bits per heavy atom. The molecule has 0 radical (unpaired) electrons. The van der Waals surface area contributed by atoms with Crippen molar-refractivity contribution in [3.05, 3.63) is 46.1 Å². The lowest BCUT2D eigenvalue weighted by atomic mass is 10.2. The minimum atomic E-state index is -3.55. The summed E-state index contributed by atoms with van der Waals surface area (Å²) in [6.45, 7) is 5.61. The molecule has 0 aliphatic carbocycles. The first-order valence-corrected chi connectivity index (χ1v) is 11.3. The van der Waals surface area contributed by atoms with Crippen LogP contribution in [-0.4, -0.2) is 48.9 Å². The monoisotopic (exact) mass is 422 g/mol. The molecule has 0 spiro atoms. The van der Waals surface area contributed by atoms with E-state index < -0.39 is 10.0 Å². The lowest BCUT2D eigenvalue weighted by Gasteiger charge is -2.35. The Kier molecular flexibility index (Phi) is 4.84. The van der Waals surface area contributed by atoms with E-state index in [-0.39, 0.29) is 0 Å². The Labute approximate surface area is 167 Å². The maximum absolute atomic E-state index is 13.1. The van der Waals surface area contributed by atoms with Crippen LogP contribution in [0.2, 0.25) is 5.02 Å². The summed E-state index contributed by atoms with van der Waals surface area (Å²) in [5.41, 5.74) is 1.43. The summed E-state index contributed by atoms with van der Waals surface area (Å²) in [4.78, 5) is 12.1. The molecule has 0 saturated carbocycles. The molecule has 2 aromatic heterocycles. The normalized spacial score (nSPS) is 16.2. The molecule has 1 aliphatic rings. The number of rotatable bonds is 3. The van der Waals surface area contributed by atoms with Crippen LogP contribution in [0, 0.1) is 13.8 Å². The predicted octanol–water partition coefficient (Wildman–Crippen LogP) is 3.47. The molecule has 1 saturated heterocycles. The predicted molar refractivity (Wildman–Crippen MR) is 109 cm³/mol. The van der Waals surface area contributed by atoms with Crippen molar-refractivity contribution in [2.24, 2.45) is 0 Å². The number of fused-ring (bicyclic) bond motifs is 1. The molecular weight excluding hydrogens is 404 g/mol. The molecule has 0 unspecified atom stereocenters. The summed E-state index contributed by atoms with van der Waals surface area (Å²) < 4.78 is 27.8. The van der Waals surface area contributed by atoms with Crippen molar-refractivity contribution in [3.8, 4) is 0 Å². The van der Waals surface area contributed by atoms with E-state index in [1.54, 1.807) is 41.0 Å². The molecular formula is C18H19ClN4O2S2. The second kappa shape index (κ2) is 7.01. The number of benzene rings is 1. The van der Waals surface area contributed by atoms with E-state index in [0.717, 1.165) is 21.6 Å². The van der Waals surface area contributed by atoms with Crippen LogP contribution < -0.4 is 4.90 Å². The average Bonchev–Trinajstić information content (AvgIpc) is 3.13. The van der Waals surface area contributed by atoms with Gasteiger partial charge in [-0.2, -0.15) is 4.31 Å². The second-order valence-corrected chi connectivity index (χ2v) is 9.80. The topological polar surface area (TPSA) is 66.4 Å². The number of aryl methyl sites for hydroxylation is 2. The number of thiophene rings is 1. The maximum Gasteiger partial charge on any atom is 0.243 e. The Morgan fingerprint density at radius 2 is 1.81 bits per heavy atom. The van der Waals surface area contributed by atoms with Gasteiger partial charge in [-0.05, 0) is 48.6 Å². The van der Waals surface area contributed by atoms with E-state index in [0.29, 0.717) is 41.7 Å². The number of halogens is 1. The SMILES string of the molecule is Cc1cc(S(=O)(=O)N2CCN(c3ncnc4sccc34)CC2)c(C)cc1Cl. The molecule has 0 atom stereocenters. The van der Waals surface area contributed by atoms with Gasteiger partial charge in [-0.15, -0.1) is 11.3 Å². The van der Waals surface area contributed by atoms with Crippen molar-refractivity contribution in [1.82, 2.24) is 14.3 Å². The Balaban J connectivity index is 1.57. The third-order valence-corrected chi connectivity index (χ3v) is 8.12. The highest BCUT2D eigenvalue weighted by Crippen LogP contribution is 2.30. The third-order valence-electron chi connectivity index (χ3n) is 4.85. The first kappa shape index (κ1) is 18.6. The summed E-state index contributed by atoms with van der Waals surface area (Å²) in [6.07, 6.45) is 1.57. The quantitative estimate of drug-likeness (QED) is 0.646. The molecule has 4 rings (SSSR count). The number of anilines is 1. The van der Waals surface area contributed by atoms with Crippen molar-refractivity contribution in [2.75, 3.05) is 31.1 Å². The summed E-state index contributed by atoms with van der Waals surface area (Å²) in [6, 6.07) is 5.39. The van der Waals surface area contributed by atoms with Crippen LogP contribution in [0.25, 0.3) is 10.2 Å². The van der Waals surface area contributed by atoms with Gasteiger partial charge in [0.15, 0.2) is 0 Å². The number of aromatic nitrogens is 2. The van der Waals surface area contributed by atoms with Crippen molar-refractivity contribution in [1.29, 1.82) is 0 Å². The van der Waals surface area contributed by atoms with Crippen LogP contribution in [0.1, 0.15) is 11.1 Å². The number of hydrogen-bond donors (Lipinski definition) is 0. The molecule has 1 aliphatic heterocycles. The summed E-state index contributed by atoms with van der Waals surface area (Å²) in [5, 5.41) is 3.60. The minimum absolute atomic E-state index is 0.333. The van der Waals surface area contributed by atoms with Gasteiger partial charge in [0.25, 0.3) is 0 Å². The van der Waals surface area contributed by atoms with E-state index in [4.69, 9.17) is 11.6 Å². The van der Waals surface area contributed by atoms with Gasteiger partial charge in [0.2, 0.25) is 10.0 Å². The smallest absolute Gasteiger partial charge is 0.243 e. The van der Waals surface area contributed by atoms with Crippen LogP contribution in [0.15, 0.2) is 34.8 Å². The Morgan fingerprint density at radius 3 is 2.56 bits per heavy atom. The zero-order chi connectivity index (χ0) is 19.2. The van der Waals surface area contributed by atoms with Crippen molar-refractivity contribution in [2.45, 2.75) is 18.7 Å². The highest BCUT2D eigenvalue weighted by atomic mass is 35.5. The van der Waals surface area contributed by atoms with Gasteiger partial charge in [-0.3, -0.25) is 0 Å². The fourth-order valence-electron chi connectivity index (χ4n) is 3.34. The maximum atomic E-state index is 13.1. The summed E-state index contributed by atoms with van der Waals surface area (Å²) >= 11 is 7.70. The van der Waals surface area contributed by atoms with Gasteiger partial charge in [-0.1, -0.05) is 11.6 Å². The third kappa shape index (κ3) is 3.31. The van der Waals surface area contributed by atoms with Crippen LogP contribution in [0.3, 0.4) is 0 Å². The first-order valence-electron chi connectivity index (χ1n) is 8.58. The van der Waals surface area contributed by atoms with Crippen molar-refractivity contribution < 1.29 is 8.42 Å². The lowest BCUT2D eigenvalue weighted by molar-refractivity contribution is 0.384. The van der Waals surface area contributed by atoms with Crippen LogP contribution in [-0.2, 0) is 10.0 Å². The van der Waals surface area contributed by atoms with E-state index in [1.165, 1.54) is 0 Å². The molecule has 1 aromatic carbocycles. The molecule has 9 heteroatoms. The molecule has 0 bridgehead atoms. The van der Waals surface area contributed by atoms with Gasteiger partial charge in [0.05, 0.1) is 10.3 Å². The Bertz CT molecular complexity index is 1110. The van der Waals surface area contributed by atoms with Gasteiger partial charge in [0.1, 0.15) is 17.0 Å². The van der Waals surface area contributed by atoms with E-state index in [2.05, 4.69) is 14.9 Å². The van der Waals surface area contributed by atoms with Gasteiger partial charge >= 0.3 is 0 Å². The molecule has 27 heavy (non-hydrogen) atoms. The first-order chi connectivity index (χ1) is 12.9. The molecule has 1 fully saturated rings. The number of piperazine rings is 1. The van der Waals surface area contributed by atoms with Gasteiger partial charge in [-0.25, -0.2) is 18.4 Å². The van der Waals surface area contributed by atoms with Crippen molar-refractivity contribution in [3.63, 3.8) is 0 Å². The zero-order valence-electron chi connectivity index (χ0n) is 15.0. The fraction of sp³-hybridized carbons (Fsp3) is 0.333. The van der Waals surface area contributed by atoms with Crippen LogP contribution in [0.4, 0.5) is 5.82 Å². The van der Waals surface area contributed by atoms with Gasteiger partial charge < -0.3 is 4.90 Å². The van der Waals surface area contributed by atoms with E-state index in [9.17, 15) is 8.42 Å². The summed E-state index contributed by atoms with van der Waals surface area (Å²) in [5.74, 6) is 0.872. The number of hydrogen-bond acceptors (Lipinski definition) is 6.